The fourth-order valence-electron chi connectivity index (χ4n) is 12.7. The minimum absolute atomic E-state index is 0.0243. The Labute approximate surface area is 291 Å². The lowest BCUT2D eigenvalue weighted by Gasteiger charge is -2.62. The molecule has 6 fully saturated rings. The Bertz CT molecular complexity index is 1290. The molecule has 0 aromatic heterocycles. The van der Waals surface area contributed by atoms with E-state index in [1.54, 1.807) is 0 Å². The van der Waals surface area contributed by atoms with E-state index in [0.29, 0.717) is 48.3 Å². The zero-order valence-electron chi connectivity index (χ0n) is 30.7. The number of Topliss-reactive ketones (excluding diaryl/α,β-unsaturated/α-hetero) is 1. The van der Waals surface area contributed by atoms with Crippen LogP contribution in [0.2, 0.25) is 0 Å². The molecular weight excluding hydrogens is 626 g/mol. The van der Waals surface area contributed by atoms with E-state index in [1.807, 2.05) is 13.8 Å². The van der Waals surface area contributed by atoms with Crippen LogP contribution < -0.4 is 4.72 Å². The second-order valence-electron chi connectivity index (χ2n) is 18.3. The Morgan fingerprint density at radius 2 is 1.73 bits per heavy atom. The number of hydrogen-bond donors (Lipinski definition) is 2. The lowest BCUT2D eigenvalue weighted by Crippen LogP contribution is -2.59. The highest BCUT2D eigenvalue weighted by atomic mass is 32.2. The number of aliphatic hydroxyl groups is 1. The van der Waals surface area contributed by atoms with Crippen LogP contribution in [0.25, 0.3) is 0 Å². The fraction of sp³-hybridized carbons (Fsp3) is 0.923. The third-order valence-corrected chi connectivity index (χ3v) is 17.1. The van der Waals surface area contributed by atoms with Gasteiger partial charge in [-0.2, -0.15) is 0 Å². The van der Waals surface area contributed by atoms with Crippen LogP contribution in [-0.4, -0.2) is 45.8 Å². The average molecular weight is 690 g/mol. The molecule has 12 unspecified atom stereocenters. The first-order chi connectivity index (χ1) is 22.6. The number of amides is 1. The zero-order valence-corrected chi connectivity index (χ0v) is 31.5. The quantitative estimate of drug-likeness (QED) is 0.222. The maximum Gasteiger partial charge on any atom is 0.308 e. The predicted molar refractivity (Wildman–Crippen MR) is 185 cm³/mol. The summed E-state index contributed by atoms with van der Waals surface area (Å²) in [6, 6.07) is 0. The largest absolute Gasteiger partial charge is 0.462 e. The number of carbonyl (C=O) groups excluding carboxylic acids is 3. The van der Waals surface area contributed by atoms with Gasteiger partial charge in [-0.15, -0.1) is 0 Å². The number of ketones is 1. The molecule has 0 saturated heterocycles. The molecular formula is C39H63NO7S. The van der Waals surface area contributed by atoms with E-state index < -0.39 is 16.7 Å². The van der Waals surface area contributed by atoms with Crippen molar-refractivity contribution in [2.24, 2.45) is 69.0 Å². The van der Waals surface area contributed by atoms with E-state index in [0.717, 1.165) is 57.8 Å². The molecule has 8 nitrogen and oxygen atoms in total. The molecule has 48 heavy (non-hydrogen) atoms. The van der Waals surface area contributed by atoms with E-state index >= 15 is 0 Å². The van der Waals surface area contributed by atoms with Crippen molar-refractivity contribution in [1.29, 1.82) is 0 Å². The lowest BCUT2D eigenvalue weighted by molar-refractivity contribution is -0.183. The van der Waals surface area contributed by atoms with E-state index in [2.05, 4.69) is 39.3 Å². The number of fused-ring (bicyclic) bond motifs is 7. The first-order valence-corrected chi connectivity index (χ1v) is 20.4. The van der Waals surface area contributed by atoms with Gasteiger partial charge in [-0.3, -0.25) is 23.3 Å². The Balaban J connectivity index is 1.01. The summed E-state index contributed by atoms with van der Waals surface area (Å²) in [6.45, 7) is 15.3. The predicted octanol–water partition coefficient (Wildman–Crippen LogP) is 7.10. The van der Waals surface area contributed by atoms with Gasteiger partial charge >= 0.3 is 5.97 Å². The van der Waals surface area contributed by atoms with Crippen LogP contribution in [0.15, 0.2) is 0 Å². The molecule has 6 aliphatic carbocycles. The van der Waals surface area contributed by atoms with Crippen LogP contribution in [-0.2, 0) is 34.6 Å². The minimum Gasteiger partial charge on any atom is -0.462 e. The van der Waals surface area contributed by atoms with Crippen LogP contribution in [0, 0.1) is 69.0 Å². The number of rotatable bonds is 11. The smallest absolute Gasteiger partial charge is 0.308 e. The summed E-state index contributed by atoms with van der Waals surface area (Å²) in [5, 5.41) is 12.0. The van der Waals surface area contributed by atoms with Crippen molar-refractivity contribution in [3.8, 4) is 0 Å². The van der Waals surface area contributed by atoms with Gasteiger partial charge in [-0.05, 0) is 135 Å². The average Bonchev–Trinajstić information content (AvgIpc) is 3.59. The normalized spacial score (nSPS) is 44.6. The number of hydrogen-bond acceptors (Lipinski definition) is 7. The van der Waals surface area contributed by atoms with Gasteiger partial charge in [0.1, 0.15) is 11.9 Å². The molecule has 6 saturated carbocycles. The molecule has 14 atom stereocenters. The number of ether oxygens (including phenoxy) is 1. The first kappa shape index (κ1) is 36.5. The maximum absolute atomic E-state index is 12.9. The standard InChI is InChI=1S/C39H63NO7S/c1-8-23(2)35(44)47-27-16-17-37(6)26(19-27)10-11-28-30-13-12-29(38(30,7)32(41)21-31(28)37)24(3)9-14-34(43)40-48(45)46-22-39-18-15-25(20-33(39)42)36(39,4)5/h23-32,41H,8-22H2,1-7H3,(H,40,43)/t23?,24?,25?,26?,27?,28?,29?,30?,31?,32?,37-,38+,39?,48?/m0/s1. The zero-order chi connectivity index (χ0) is 34.8. The molecule has 6 rings (SSSR count). The fourth-order valence-corrected chi connectivity index (χ4v) is 13.3. The Kier molecular flexibility index (Phi) is 10.1. The summed E-state index contributed by atoms with van der Waals surface area (Å²) in [5.74, 6) is 2.85. The molecule has 6 aliphatic rings. The Morgan fingerprint density at radius 3 is 2.40 bits per heavy atom. The first-order valence-electron chi connectivity index (χ1n) is 19.3. The van der Waals surface area contributed by atoms with Gasteiger partial charge in [-0.1, -0.05) is 48.5 Å². The van der Waals surface area contributed by atoms with Crippen LogP contribution in [0.1, 0.15) is 138 Å². The van der Waals surface area contributed by atoms with Crippen LogP contribution in [0.3, 0.4) is 0 Å². The summed E-state index contributed by atoms with van der Waals surface area (Å²) in [4.78, 5) is 38.2. The van der Waals surface area contributed by atoms with Crippen molar-refractivity contribution in [3.63, 3.8) is 0 Å². The molecule has 9 heteroatoms. The Morgan fingerprint density at radius 1 is 0.979 bits per heavy atom. The summed E-state index contributed by atoms with van der Waals surface area (Å²) in [6.07, 6.45) is 12.0. The van der Waals surface area contributed by atoms with Crippen molar-refractivity contribution < 1.29 is 32.6 Å². The molecule has 0 aromatic rings. The number of carbonyl (C=O) groups is 3. The minimum atomic E-state index is -1.98. The van der Waals surface area contributed by atoms with Crippen molar-refractivity contribution in [3.05, 3.63) is 0 Å². The molecule has 0 aromatic carbocycles. The van der Waals surface area contributed by atoms with Crippen LogP contribution in [0.5, 0.6) is 0 Å². The highest BCUT2D eigenvalue weighted by Gasteiger charge is 2.65. The van der Waals surface area contributed by atoms with Crippen LogP contribution >= 0.6 is 0 Å². The van der Waals surface area contributed by atoms with Crippen molar-refractivity contribution in [2.75, 3.05) is 6.61 Å². The molecule has 272 valence electrons. The third-order valence-electron chi connectivity index (χ3n) is 16.4. The van der Waals surface area contributed by atoms with Gasteiger partial charge in [0.05, 0.1) is 24.0 Å². The van der Waals surface area contributed by atoms with E-state index in [1.165, 1.54) is 12.8 Å². The van der Waals surface area contributed by atoms with Crippen molar-refractivity contribution in [2.45, 2.75) is 151 Å². The molecule has 0 radical (unpaired) electrons. The molecule has 0 heterocycles. The Hall–Kier alpha value is -1.32. The SMILES string of the molecule is CCC(C)C(=O)OC1CC[C@@]2(C)C(CCC3C2CC(O)[C@]2(C)C(C(C)CCC(=O)NS(=O)OCC45CCC(CC4=O)C5(C)C)CCC32)C1. The molecule has 2 bridgehead atoms. The van der Waals surface area contributed by atoms with Crippen molar-refractivity contribution >= 4 is 28.9 Å². The van der Waals surface area contributed by atoms with E-state index in [9.17, 15) is 23.7 Å². The molecule has 1 amide bonds. The van der Waals surface area contributed by atoms with Gasteiger partial charge < -0.3 is 9.84 Å². The highest BCUT2D eigenvalue weighted by Crippen LogP contribution is 2.69. The highest BCUT2D eigenvalue weighted by molar-refractivity contribution is 7.78. The van der Waals surface area contributed by atoms with Gasteiger partial charge in [-0.25, -0.2) is 4.21 Å². The summed E-state index contributed by atoms with van der Waals surface area (Å²) < 4.78 is 26.9. The summed E-state index contributed by atoms with van der Waals surface area (Å²) in [5.41, 5.74) is -0.774. The van der Waals surface area contributed by atoms with Crippen LogP contribution in [0.4, 0.5) is 0 Å². The second kappa shape index (κ2) is 13.3. The van der Waals surface area contributed by atoms with Gasteiger partial charge in [0.15, 0.2) is 0 Å². The maximum atomic E-state index is 12.9. The number of nitrogens with one attached hydrogen (secondary N) is 1. The van der Waals surface area contributed by atoms with E-state index in [-0.39, 0.29) is 71.0 Å². The molecule has 0 aliphatic heterocycles. The molecule has 0 spiro atoms. The summed E-state index contributed by atoms with van der Waals surface area (Å²) in [7, 11) is 0. The molecule has 2 N–H and O–H groups in total. The lowest BCUT2D eigenvalue weighted by atomic mass is 9.43. The monoisotopic (exact) mass is 689 g/mol. The second-order valence-corrected chi connectivity index (χ2v) is 19.2. The van der Waals surface area contributed by atoms with Gasteiger partial charge in [0, 0.05) is 12.8 Å². The van der Waals surface area contributed by atoms with Gasteiger partial charge in [0.25, 0.3) is 11.3 Å². The van der Waals surface area contributed by atoms with Crippen molar-refractivity contribution in [1.82, 2.24) is 4.72 Å². The van der Waals surface area contributed by atoms with Gasteiger partial charge in [0.2, 0.25) is 5.91 Å². The number of esters is 1. The number of aliphatic hydroxyl groups excluding tert-OH is 1. The van der Waals surface area contributed by atoms with E-state index in [4.69, 9.17) is 8.92 Å². The third kappa shape index (κ3) is 5.85. The summed E-state index contributed by atoms with van der Waals surface area (Å²) >= 11 is -1.98. The topological polar surface area (TPSA) is 119 Å².